The van der Waals surface area contributed by atoms with Crippen LogP contribution in [0.25, 0.3) is 0 Å². The van der Waals surface area contributed by atoms with Crippen LogP contribution < -0.4 is 5.32 Å². The van der Waals surface area contributed by atoms with Crippen molar-refractivity contribution in [2.75, 3.05) is 0 Å². The van der Waals surface area contributed by atoms with E-state index >= 15 is 0 Å². The molecule has 0 aliphatic carbocycles. The first-order chi connectivity index (χ1) is 11.6. The third-order valence-electron chi connectivity index (χ3n) is 4.37. The summed E-state index contributed by atoms with van der Waals surface area (Å²) in [6.45, 7) is 3.83. The summed E-state index contributed by atoms with van der Waals surface area (Å²) in [5.41, 5.74) is 1.60. The van der Waals surface area contributed by atoms with Gasteiger partial charge in [-0.15, -0.1) is 5.01 Å². The zero-order valence-electron chi connectivity index (χ0n) is 13.7. The third-order valence-corrected chi connectivity index (χ3v) is 4.37. The zero-order valence-corrected chi connectivity index (χ0v) is 13.7. The van der Waals surface area contributed by atoms with Crippen molar-refractivity contribution in [3.8, 4) is 0 Å². The lowest BCUT2D eigenvalue weighted by molar-refractivity contribution is -0.131. The highest BCUT2D eigenvalue weighted by atomic mass is 16.2. The lowest BCUT2D eigenvalue weighted by Gasteiger charge is -2.24. The van der Waals surface area contributed by atoms with Gasteiger partial charge in [0.15, 0.2) is 0 Å². The lowest BCUT2D eigenvalue weighted by Crippen LogP contribution is -2.43. The average molecular weight is 321 g/mol. The summed E-state index contributed by atoms with van der Waals surface area (Å²) in [4.78, 5) is 25.2. The first-order valence-corrected chi connectivity index (χ1v) is 7.90. The summed E-state index contributed by atoms with van der Waals surface area (Å²) in [5, 5.41) is 7.86. The molecule has 1 aliphatic rings. The summed E-state index contributed by atoms with van der Waals surface area (Å²) in [7, 11) is 0. The SMILES string of the molecule is CC[C@@]1(c2ccccc2)NC(=O)N(/N=C\c2ccccc2C)C1=O. The van der Waals surface area contributed by atoms with E-state index in [9.17, 15) is 9.59 Å². The van der Waals surface area contributed by atoms with Crippen molar-refractivity contribution in [1.29, 1.82) is 0 Å². The van der Waals surface area contributed by atoms with Gasteiger partial charge in [-0.3, -0.25) is 4.79 Å². The van der Waals surface area contributed by atoms with Gasteiger partial charge in [0.1, 0.15) is 5.54 Å². The first kappa shape index (κ1) is 15.9. The summed E-state index contributed by atoms with van der Waals surface area (Å²) in [6.07, 6.45) is 2.00. The fourth-order valence-electron chi connectivity index (χ4n) is 2.88. The number of nitrogens with one attached hydrogen (secondary N) is 1. The molecule has 0 aromatic heterocycles. The van der Waals surface area contributed by atoms with Gasteiger partial charge < -0.3 is 5.32 Å². The molecule has 5 nitrogen and oxygen atoms in total. The van der Waals surface area contributed by atoms with Crippen molar-refractivity contribution in [3.05, 3.63) is 71.3 Å². The smallest absolute Gasteiger partial charge is 0.318 e. The lowest BCUT2D eigenvalue weighted by atomic mass is 9.87. The highest BCUT2D eigenvalue weighted by Gasteiger charge is 2.51. The van der Waals surface area contributed by atoms with Crippen LogP contribution in [-0.2, 0) is 10.3 Å². The number of benzene rings is 2. The van der Waals surface area contributed by atoms with Crippen LogP contribution in [0.1, 0.15) is 30.0 Å². The second-order valence-corrected chi connectivity index (χ2v) is 5.77. The van der Waals surface area contributed by atoms with Crippen molar-refractivity contribution >= 4 is 18.2 Å². The molecule has 1 heterocycles. The number of hydrazone groups is 1. The monoisotopic (exact) mass is 321 g/mol. The van der Waals surface area contributed by atoms with E-state index in [4.69, 9.17) is 0 Å². The van der Waals surface area contributed by atoms with Gasteiger partial charge in [0.2, 0.25) is 0 Å². The van der Waals surface area contributed by atoms with Gasteiger partial charge in [-0.2, -0.15) is 5.10 Å². The van der Waals surface area contributed by atoms with Gasteiger partial charge >= 0.3 is 6.03 Å². The summed E-state index contributed by atoms with van der Waals surface area (Å²) < 4.78 is 0. The molecule has 0 saturated carbocycles. The molecule has 1 N–H and O–H groups in total. The van der Waals surface area contributed by atoms with Crippen molar-refractivity contribution in [3.63, 3.8) is 0 Å². The molecule has 122 valence electrons. The Morgan fingerprint density at radius 1 is 1.08 bits per heavy atom. The van der Waals surface area contributed by atoms with Crippen molar-refractivity contribution in [2.24, 2.45) is 5.10 Å². The molecule has 0 spiro atoms. The third kappa shape index (κ3) is 2.58. The predicted octanol–water partition coefficient (Wildman–Crippen LogP) is 3.19. The minimum Gasteiger partial charge on any atom is -0.318 e. The van der Waals surface area contributed by atoms with E-state index in [1.165, 1.54) is 0 Å². The summed E-state index contributed by atoms with van der Waals surface area (Å²) in [5.74, 6) is -0.356. The number of hydrogen-bond acceptors (Lipinski definition) is 3. The number of amides is 3. The second-order valence-electron chi connectivity index (χ2n) is 5.77. The number of imide groups is 1. The van der Waals surface area contributed by atoms with Crippen LogP contribution in [0.2, 0.25) is 0 Å². The van der Waals surface area contributed by atoms with E-state index in [1.54, 1.807) is 6.21 Å². The molecule has 1 saturated heterocycles. The molecule has 1 atom stereocenters. The maximum absolute atomic E-state index is 12.9. The van der Waals surface area contributed by atoms with E-state index in [0.29, 0.717) is 6.42 Å². The van der Waals surface area contributed by atoms with E-state index in [1.807, 2.05) is 68.4 Å². The number of rotatable bonds is 4. The van der Waals surface area contributed by atoms with E-state index in [-0.39, 0.29) is 5.91 Å². The Morgan fingerprint density at radius 3 is 2.42 bits per heavy atom. The number of aryl methyl sites for hydroxylation is 1. The number of carbonyl (C=O) groups is 2. The fraction of sp³-hybridized carbons (Fsp3) is 0.211. The number of nitrogens with zero attached hydrogens (tertiary/aromatic N) is 2. The van der Waals surface area contributed by atoms with Crippen LogP contribution in [0.5, 0.6) is 0 Å². The fourth-order valence-corrected chi connectivity index (χ4v) is 2.88. The normalized spacial score (nSPS) is 20.7. The zero-order chi connectivity index (χ0) is 17.2. The van der Waals surface area contributed by atoms with Crippen LogP contribution in [0.15, 0.2) is 59.7 Å². The molecular weight excluding hydrogens is 302 g/mol. The van der Waals surface area contributed by atoms with Crippen LogP contribution in [0, 0.1) is 6.92 Å². The molecule has 0 radical (unpaired) electrons. The number of hydrogen-bond donors (Lipinski definition) is 1. The molecule has 24 heavy (non-hydrogen) atoms. The summed E-state index contributed by atoms with van der Waals surface area (Å²) >= 11 is 0. The molecule has 1 aliphatic heterocycles. The first-order valence-electron chi connectivity index (χ1n) is 7.90. The van der Waals surface area contributed by atoms with Gasteiger partial charge in [-0.1, -0.05) is 61.5 Å². The molecule has 3 rings (SSSR count). The Balaban J connectivity index is 1.93. The highest BCUT2D eigenvalue weighted by Crippen LogP contribution is 2.32. The predicted molar refractivity (Wildman–Crippen MR) is 92.6 cm³/mol. The maximum Gasteiger partial charge on any atom is 0.346 e. The molecule has 1 fully saturated rings. The minimum absolute atomic E-state index is 0.356. The van der Waals surface area contributed by atoms with Gasteiger partial charge in [0, 0.05) is 0 Å². The Labute approximate surface area is 141 Å². The Hall–Kier alpha value is -2.95. The average Bonchev–Trinajstić information content (AvgIpc) is 2.86. The molecule has 5 heteroatoms. The quantitative estimate of drug-likeness (QED) is 0.694. The van der Waals surface area contributed by atoms with E-state index in [0.717, 1.165) is 21.7 Å². The Bertz CT molecular complexity index is 801. The summed E-state index contributed by atoms with van der Waals surface area (Å²) in [6, 6.07) is 16.4. The minimum atomic E-state index is -1.05. The van der Waals surface area contributed by atoms with E-state index in [2.05, 4.69) is 10.4 Å². The van der Waals surface area contributed by atoms with Crippen LogP contribution in [0.4, 0.5) is 4.79 Å². The van der Waals surface area contributed by atoms with Crippen molar-refractivity contribution in [1.82, 2.24) is 10.3 Å². The maximum atomic E-state index is 12.9. The highest BCUT2D eigenvalue weighted by molar-refractivity contribution is 6.07. The van der Waals surface area contributed by atoms with Gasteiger partial charge in [-0.25, -0.2) is 4.79 Å². The Kier molecular flexibility index (Phi) is 4.16. The van der Waals surface area contributed by atoms with E-state index < -0.39 is 11.6 Å². The molecule has 0 bridgehead atoms. The molecule has 3 amide bonds. The standard InChI is InChI=1S/C19H19N3O2/c1-3-19(16-11-5-4-6-12-16)17(23)22(18(24)21-19)20-13-15-10-8-7-9-14(15)2/h4-13H,3H2,1-2H3,(H,21,24)/b20-13-/t19-/m0/s1. The Morgan fingerprint density at radius 2 is 1.75 bits per heavy atom. The molecule has 0 unspecified atom stereocenters. The van der Waals surface area contributed by atoms with Crippen LogP contribution in [0.3, 0.4) is 0 Å². The molecule has 2 aromatic carbocycles. The van der Waals surface area contributed by atoms with Gasteiger partial charge in [-0.05, 0) is 30.0 Å². The molecular formula is C19H19N3O2. The van der Waals surface area contributed by atoms with Crippen molar-refractivity contribution < 1.29 is 9.59 Å². The van der Waals surface area contributed by atoms with Crippen molar-refractivity contribution in [2.45, 2.75) is 25.8 Å². The van der Waals surface area contributed by atoms with Gasteiger partial charge in [0.25, 0.3) is 5.91 Å². The van der Waals surface area contributed by atoms with Gasteiger partial charge in [0.05, 0.1) is 6.21 Å². The second kappa shape index (κ2) is 6.28. The largest absolute Gasteiger partial charge is 0.346 e. The number of urea groups is 1. The van der Waals surface area contributed by atoms with Crippen LogP contribution in [-0.4, -0.2) is 23.2 Å². The number of carbonyl (C=O) groups excluding carboxylic acids is 2. The topological polar surface area (TPSA) is 61.8 Å². The molecule has 2 aromatic rings. The van der Waals surface area contributed by atoms with Crippen LogP contribution >= 0.6 is 0 Å².